The summed E-state index contributed by atoms with van der Waals surface area (Å²) < 4.78 is 24.0. The zero-order valence-corrected chi connectivity index (χ0v) is 28.3. The predicted octanol–water partition coefficient (Wildman–Crippen LogP) is 5.18. The van der Waals surface area contributed by atoms with Crippen molar-refractivity contribution in [3.63, 3.8) is 0 Å². The number of hydrogen-bond acceptors (Lipinski definition) is 11. The van der Waals surface area contributed by atoms with E-state index in [1.54, 1.807) is 32.4 Å². The molecule has 1 N–H and O–H groups in total. The number of methoxy groups -OCH3 is 2. The molecule has 7 rings (SSSR count). The Morgan fingerprint density at radius 2 is 2.02 bits per heavy atom. The van der Waals surface area contributed by atoms with Crippen LogP contribution in [0.15, 0.2) is 48.8 Å². The number of nitrogens with zero attached hydrogens (tertiary/aromatic N) is 6. The van der Waals surface area contributed by atoms with Crippen molar-refractivity contribution in [2.75, 3.05) is 57.4 Å². The monoisotopic (exact) mass is 691 g/mol. The summed E-state index contributed by atoms with van der Waals surface area (Å²) in [5.74, 6) is 1.37. The molecule has 4 heterocycles. The minimum absolute atomic E-state index is 0.0319. The smallest absolute Gasteiger partial charge is 0.328 e. The summed E-state index contributed by atoms with van der Waals surface area (Å²) in [4.78, 5) is 37.9. The van der Waals surface area contributed by atoms with Crippen LogP contribution in [-0.4, -0.2) is 85.2 Å². The molecule has 2 saturated heterocycles. The third kappa shape index (κ3) is 6.55. The van der Waals surface area contributed by atoms with Crippen molar-refractivity contribution in [2.24, 2.45) is 5.41 Å². The quantitative estimate of drug-likeness (QED) is 0.126. The Morgan fingerprint density at radius 1 is 1.18 bits per heavy atom. The van der Waals surface area contributed by atoms with Crippen LogP contribution in [0.3, 0.4) is 0 Å². The molecule has 2 atom stereocenters. The lowest BCUT2D eigenvalue weighted by atomic mass is 9.79. The number of pyridine rings is 1. The van der Waals surface area contributed by atoms with Gasteiger partial charge in [0.2, 0.25) is 0 Å². The van der Waals surface area contributed by atoms with Crippen LogP contribution in [0.1, 0.15) is 30.4 Å². The minimum Gasteiger partial charge on any atom is -0.497 e. The average Bonchev–Trinajstić information content (AvgIpc) is 3.74. The molecular formula is C34H38ClN7O7. The summed E-state index contributed by atoms with van der Waals surface area (Å²) in [6.07, 6.45) is 3.68. The van der Waals surface area contributed by atoms with Crippen LogP contribution in [0, 0.1) is 15.5 Å². The van der Waals surface area contributed by atoms with Crippen LogP contribution in [0.25, 0.3) is 11.2 Å². The molecule has 4 aromatic rings. The third-order valence-corrected chi connectivity index (χ3v) is 9.94. The second-order valence-corrected chi connectivity index (χ2v) is 13.4. The summed E-state index contributed by atoms with van der Waals surface area (Å²) in [6, 6.07) is 11.8. The number of rotatable bonds is 11. The Labute approximate surface area is 288 Å². The predicted molar refractivity (Wildman–Crippen MR) is 183 cm³/mol. The second-order valence-electron chi connectivity index (χ2n) is 13.0. The zero-order chi connectivity index (χ0) is 34.3. The van der Waals surface area contributed by atoms with Gasteiger partial charge in [0.05, 0.1) is 50.2 Å². The van der Waals surface area contributed by atoms with Crippen molar-refractivity contribution >= 4 is 45.9 Å². The first kappa shape index (κ1) is 32.9. The number of ether oxygens (including phenoxy) is 4. The lowest BCUT2D eigenvalue weighted by Crippen LogP contribution is -2.57. The molecule has 1 saturated carbocycles. The van der Waals surface area contributed by atoms with Crippen LogP contribution >= 0.6 is 11.6 Å². The third-order valence-electron chi connectivity index (χ3n) is 9.74. The van der Waals surface area contributed by atoms with E-state index in [1.807, 2.05) is 36.2 Å². The van der Waals surface area contributed by atoms with Crippen molar-refractivity contribution in [1.82, 2.24) is 19.9 Å². The number of carbonyl (C=O) groups excluding carboxylic acids is 1. The van der Waals surface area contributed by atoms with Crippen molar-refractivity contribution in [2.45, 2.75) is 44.6 Å². The van der Waals surface area contributed by atoms with E-state index in [2.05, 4.69) is 20.2 Å². The largest absolute Gasteiger partial charge is 0.497 e. The van der Waals surface area contributed by atoms with Crippen LogP contribution < -0.4 is 24.6 Å². The SMILES string of the molecule is COc1ccc(CN(C)c2cc(Cl)nc3c2ncn3C(=O)N[C@@H]2CC[C@H]2OCc2cc(N3CC4(CCOC4)C3)cc([N+](=O)[O-])c2)c(OC)c1. The maximum Gasteiger partial charge on any atom is 0.328 e. The summed E-state index contributed by atoms with van der Waals surface area (Å²) in [6.45, 7) is 3.81. The topological polar surface area (TPSA) is 146 Å². The number of fused-ring (bicyclic) bond motifs is 1. The Bertz CT molecular complexity index is 1890. The summed E-state index contributed by atoms with van der Waals surface area (Å²) in [5, 5.41) is 15.0. The number of halogens is 1. The number of nitro groups is 1. The van der Waals surface area contributed by atoms with Gasteiger partial charge in [-0.05, 0) is 43.0 Å². The van der Waals surface area contributed by atoms with Gasteiger partial charge >= 0.3 is 6.03 Å². The number of aromatic nitrogens is 3. The van der Waals surface area contributed by atoms with Crippen LogP contribution in [0.2, 0.25) is 5.15 Å². The second kappa shape index (κ2) is 13.3. The van der Waals surface area contributed by atoms with E-state index < -0.39 is 6.03 Å². The zero-order valence-electron chi connectivity index (χ0n) is 27.6. The van der Waals surface area contributed by atoms with Crippen molar-refractivity contribution in [3.05, 3.63) is 75.2 Å². The Morgan fingerprint density at radius 3 is 2.71 bits per heavy atom. The van der Waals surface area contributed by atoms with Crippen LogP contribution in [0.4, 0.5) is 21.9 Å². The molecule has 0 radical (unpaired) electrons. The standard InChI is InChI=1S/C34H38ClN7O7/c1-39(15-22-4-5-25(46-2)13-29(22)47-3)27-14-30(35)38-32-31(27)36-20-41(32)33(43)37-26-6-7-28(26)49-16-21-10-23(12-24(11-21)42(44)45)40-17-34(18-40)8-9-48-19-34/h4-5,10-14,20,26,28H,6-9,15-19H2,1-3H3,(H,37,43)/t26-,28-/m1/s1. The lowest BCUT2D eigenvalue weighted by Gasteiger charge is -2.48. The maximum absolute atomic E-state index is 13.5. The molecule has 0 unspecified atom stereocenters. The highest BCUT2D eigenvalue weighted by molar-refractivity contribution is 6.30. The number of carbonyl (C=O) groups is 1. The molecule has 3 aliphatic rings. The van der Waals surface area contributed by atoms with Crippen LogP contribution in [-0.2, 0) is 22.6 Å². The number of nitrogens with one attached hydrogen (secondary N) is 1. The average molecular weight is 692 g/mol. The number of imidazole rings is 1. The molecule has 1 amide bonds. The normalized spacial score (nSPS) is 19.4. The van der Waals surface area contributed by atoms with E-state index in [0.29, 0.717) is 40.5 Å². The van der Waals surface area contributed by atoms with Gasteiger partial charge in [0.1, 0.15) is 28.5 Å². The highest BCUT2D eigenvalue weighted by atomic mass is 35.5. The highest BCUT2D eigenvalue weighted by Crippen LogP contribution is 2.42. The Hall–Kier alpha value is -4.66. The first-order chi connectivity index (χ1) is 23.6. The van der Waals surface area contributed by atoms with Crippen molar-refractivity contribution in [3.8, 4) is 11.5 Å². The molecule has 258 valence electrons. The van der Waals surface area contributed by atoms with Gasteiger partial charge in [-0.25, -0.2) is 19.3 Å². The van der Waals surface area contributed by atoms with Gasteiger partial charge in [0.25, 0.3) is 5.69 Å². The molecule has 2 aliphatic heterocycles. The molecular weight excluding hydrogens is 654 g/mol. The van der Waals surface area contributed by atoms with Crippen molar-refractivity contribution in [1.29, 1.82) is 0 Å². The molecule has 1 aliphatic carbocycles. The number of nitro benzene ring substituents is 1. The highest BCUT2D eigenvalue weighted by Gasteiger charge is 2.46. The molecule has 1 spiro atoms. The summed E-state index contributed by atoms with van der Waals surface area (Å²) >= 11 is 6.45. The molecule has 2 aromatic heterocycles. The summed E-state index contributed by atoms with van der Waals surface area (Å²) in [5.41, 5.74) is 4.19. The van der Waals surface area contributed by atoms with E-state index in [9.17, 15) is 14.9 Å². The fourth-order valence-corrected chi connectivity index (χ4v) is 7.03. The van der Waals surface area contributed by atoms with Gasteiger partial charge in [-0.15, -0.1) is 0 Å². The van der Waals surface area contributed by atoms with E-state index >= 15 is 0 Å². The molecule has 2 aromatic carbocycles. The molecule has 3 fully saturated rings. The fourth-order valence-electron chi connectivity index (χ4n) is 6.84. The number of benzene rings is 2. The van der Waals surface area contributed by atoms with E-state index in [0.717, 1.165) is 56.8 Å². The van der Waals surface area contributed by atoms with Gasteiger partial charge in [0.15, 0.2) is 5.65 Å². The van der Waals surface area contributed by atoms with E-state index in [-0.39, 0.29) is 39.9 Å². The first-order valence-corrected chi connectivity index (χ1v) is 16.5. The maximum atomic E-state index is 13.5. The summed E-state index contributed by atoms with van der Waals surface area (Å²) in [7, 11) is 5.11. The van der Waals surface area contributed by atoms with Gasteiger partial charge in [0, 0.05) is 74.2 Å². The Kier molecular flexibility index (Phi) is 8.94. The fraction of sp³-hybridized carbons (Fsp3) is 0.441. The molecule has 0 bridgehead atoms. The number of anilines is 2. The van der Waals surface area contributed by atoms with E-state index in [1.165, 1.54) is 10.9 Å². The lowest BCUT2D eigenvalue weighted by molar-refractivity contribution is -0.384. The van der Waals surface area contributed by atoms with E-state index in [4.69, 9.17) is 30.5 Å². The number of non-ortho nitro benzene ring substituents is 1. The first-order valence-electron chi connectivity index (χ1n) is 16.1. The van der Waals surface area contributed by atoms with Gasteiger partial charge in [-0.2, -0.15) is 0 Å². The minimum atomic E-state index is -0.402. The molecule has 15 heteroatoms. The van der Waals surface area contributed by atoms with Crippen molar-refractivity contribution < 1.29 is 28.7 Å². The van der Waals surface area contributed by atoms with Gasteiger partial charge in [-0.3, -0.25) is 10.1 Å². The molecule has 14 nitrogen and oxygen atoms in total. The van der Waals surface area contributed by atoms with Gasteiger partial charge in [-0.1, -0.05) is 11.6 Å². The Balaban J connectivity index is 1.01. The number of hydrogen-bond donors (Lipinski definition) is 1. The van der Waals surface area contributed by atoms with Crippen LogP contribution in [0.5, 0.6) is 11.5 Å². The van der Waals surface area contributed by atoms with Gasteiger partial charge < -0.3 is 34.1 Å². The number of amides is 1. The molecule has 49 heavy (non-hydrogen) atoms.